The summed E-state index contributed by atoms with van der Waals surface area (Å²) in [5.41, 5.74) is 5.12. The first-order chi connectivity index (χ1) is 12.1. The van der Waals surface area contributed by atoms with Gasteiger partial charge in [-0.25, -0.2) is 0 Å². The number of H-pyrrole nitrogens is 1. The second-order valence-corrected chi connectivity index (χ2v) is 6.39. The first-order valence-electron chi connectivity index (χ1n) is 9.20. The van der Waals surface area contributed by atoms with Crippen LogP contribution in [-0.2, 0) is 19.4 Å². The molecule has 2 aromatic rings. The van der Waals surface area contributed by atoms with E-state index in [-0.39, 0.29) is 24.0 Å². The van der Waals surface area contributed by atoms with Gasteiger partial charge in [-0.15, -0.1) is 24.0 Å². The van der Waals surface area contributed by atoms with Gasteiger partial charge in [0.05, 0.1) is 6.20 Å². The largest absolute Gasteiger partial charge is 0.357 e. The van der Waals surface area contributed by atoms with Gasteiger partial charge in [0, 0.05) is 32.4 Å². The highest BCUT2D eigenvalue weighted by molar-refractivity contribution is 14.0. The minimum absolute atomic E-state index is 0. The maximum absolute atomic E-state index is 4.77. The van der Waals surface area contributed by atoms with Crippen molar-refractivity contribution in [3.63, 3.8) is 0 Å². The average Bonchev–Trinajstić information content (AvgIpc) is 3.03. The van der Waals surface area contributed by atoms with Crippen LogP contribution in [0.4, 0.5) is 0 Å². The Bertz CT molecular complexity index is 663. The topological polar surface area (TPSA) is 56.3 Å². The maximum Gasteiger partial charge on any atom is 0.193 e. The van der Waals surface area contributed by atoms with E-state index in [0.717, 1.165) is 50.6 Å². The summed E-state index contributed by atoms with van der Waals surface area (Å²) >= 11 is 0. The van der Waals surface area contributed by atoms with Crippen molar-refractivity contribution in [1.29, 1.82) is 0 Å². The number of aryl methyl sites for hydroxylation is 3. The van der Waals surface area contributed by atoms with Gasteiger partial charge < -0.3 is 10.2 Å². The molecule has 0 aliphatic carbocycles. The van der Waals surface area contributed by atoms with Gasteiger partial charge in [-0.2, -0.15) is 5.10 Å². The number of nitrogens with zero attached hydrogens (tertiary/aromatic N) is 3. The SMILES string of the molecule is CCNC(=NCCCc1cn[nH]c1C)N(C)Cc1ccc(CC)cc1.I. The zero-order valence-electron chi connectivity index (χ0n) is 16.4. The quantitative estimate of drug-likeness (QED) is 0.267. The van der Waals surface area contributed by atoms with Crippen LogP contribution in [0.1, 0.15) is 42.7 Å². The molecule has 0 aliphatic rings. The van der Waals surface area contributed by atoms with Crippen LogP contribution in [0.15, 0.2) is 35.5 Å². The lowest BCUT2D eigenvalue weighted by Crippen LogP contribution is -2.38. The lowest BCUT2D eigenvalue weighted by Gasteiger charge is -2.22. The molecule has 5 nitrogen and oxygen atoms in total. The third-order valence-electron chi connectivity index (χ3n) is 4.35. The summed E-state index contributed by atoms with van der Waals surface area (Å²) in [5.74, 6) is 0.964. The molecule has 0 bridgehead atoms. The number of hydrogen-bond donors (Lipinski definition) is 2. The average molecular weight is 469 g/mol. The molecule has 0 saturated heterocycles. The highest BCUT2D eigenvalue weighted by Crippen LogP contribution is 2.08. The molecule has 0 atom stereocenters. The molecule has 2 N–H and O–H groups in total. The van der Waals surface area contributed by atoms with Gasteiger partial charge in [0.2, 0.25) is 0 Å². The molecule has 2 rings (SSSR count). The maximum atomic E-state index is 4.77. The second-order valence-electron chi connectivity index (χ2n) is 6.39. The van der Waals surface area contributed by atoms with Crippen LogP contribution in [-0.4, -0.2) is 41.2 Å². The summed E-state index contributed by atoms with van der Waals surface area (Å²) in [4.78, 5) is 6.96. The summed E-state index contributed by atoms with van der Waals surface area (Å²) < 4.78 is 0. The number of hydrogen-bond acceptors (Lipinski definition) is 2. The molecule has 0 radical (unpaired) electrons. The second kappa shape index (κ2) is 11.9. The third-order valence-corrected chi connectivity index (χ3v) is 4.35. The van der Waals surface area contributed by atoms with Crippen molar-refractivity contribution in [1.82, 2.24) is 20.4 Å². The van der Waals surface area contributed by atoms with E-state index in [2.05, 4.69) is 72.5 Å². The van der Waals surface area contributed by atoms with Gasteiger partial charge >= 0.3 is 0 Å². The number of halogens is 1. The van der Waals surface area contributed by atoms with E-state index in [4.69, 9.17) is 4.99 Å². The summed E-state index contributed by atoms with van der Waals surface area (Å²) in [6.07, 6.45) is 5.02. The van der Waals surface area contributed by atoms with Crippen LogP contribution in [0.25, 0.3) is 0 Å². The molecular formula is C20H32IN5. The van der Waals surface area contributed by atoms with Crippen molar-refractivity contribution in [2.45, 2.75) is 46.6 Å². The van der Waals surface area contributed by atoms with E-state index in [1.54, 1.807) is 0 Å². The molecule has 0 fully saturated rings. The number of aromatic amines is 1. The van der Waals surface area contributed by atoms with E-state index in [1.165, 1.54) is 16.7 Å². The number of benzene rings is 1. The fourth-order valence-corrected chi connectivity index (χ4v) is 2.78. The Morgan fingerprint density at radius 2 is 1.88 bits per heavy atom. The Kier molecular flexibility index (Phi) is 10.3. The van der Waals surface area contributed by atoms with E-state index in [9.17, 15) is 0 Å². The van der Waals surface area contributed by atoms with Crippen LogP contribution in [0.2, 0.25) is 0 Å². The molecule has 1 heterocycles. The molecule has 0 saturated carbocycles. The normalized spacial score (nSPS) is 11.2. The van der Waals surface area contributed by atoms with Crippen molar-refractivity contribution < 1.29 is 0 Å². The monoisotopic (exact) mass is 469 g/mol. The molecule has 0 amide bonds. The molecule has 1 aromatic heterocycles. The van der Waals surface area contributed by atoms with Gasteiger partial charge in [0.15, 0.2) is 5.96 Å². The first-order valence-corrected chi connectivity index (χ1v) is 9.20. The van der Waals surface area contributed by atoms with Gasteiger partial charge in [-0.3, -0.25) is 10.1 Å². The van der Waals surface area contributed by atoms with E-state index < -0.39 is 0 Å². The van der Waals surface area contributed by atoms with Crippen molar-refractivity contribution in [3.05, 3.63) is 52.8 Å². The molecule has 0 spiro atoms. The molecular weight excluding hydrogens is 437 g/mol. The van der Waals surface area contributed by atoms with Crippen LogP contribution < -0.4 is 5.32 Å². The van der Waals surface area contributed by atoms with Crippen LogP contribution in [0, 0.1) is 6.92 Å². The van der Waals surface area contributed by atoms with Gasteiger partial charge in [0.1, 0.15) is 0 Å². The summed E-state index contributed by atoms with van der Waals surface area (Å²) in [6, 6.07) is 8.84. The number of guanidine groups is 1. The lowest BCUT2D eigenvalue weighted by atomic mass is 10.1. The Balaban J connectivity index is 0.00000338. The van der Waals surface area contributed by atoms with Gasteiger partial charge in [0.25, 0.3) is 0 Å². The predicted octanol–water partition coefficient (Wildman–Crippen LogP) is 3.93. The molecule has 1 aromatic carbocycles. The van der Waals surface area contributed by atoms with Crippen molar-refractivity contribution in [2.24, 2.45) is 4.99 Å². The van der Waals surface area contributed by atoms with Crippen LogP contribution in [0.3, 0.4) is 0 Å². The van der Waals surface area contributed by atoms with Crippen molar-refractivity contribution >= 4 is 29.9 Å². The summed E-state index contributed by atoms with van der Waals surface area (Å²) in [5, 5.41) is 10.4. The molecule has 144 valence electrons. The fraction of sp³-hybridized carbons (Fsp3) is 0.500. The smallest absolute Gasteiger partial charge is 0.193 e. The molecule has 6 heteroatoms. The number of aromatic nitrogens is 2. The van der Waals surface area contributed by atoms with Gasteiger partial charge in [-0.05, 0) is 49.8 Å². The Morgan fingerprint density at radius 3 is 2.46 bits per heavy atom. The van der Waals surface area contributed by atoms with E-state index in [1.807, 2.05) is 6.20 Å². The van der Waals surface area contributed by atoms with E-state index in [0.29, 0.717) is 0 Å². The van der Waals surface area contributed by atoms with Crippen LogP contribution >= 0.6 is 24.0 Å². The molecule has 0 unspecified atom stereocenters. The standard InChI is InChI=1S/C20H31N5.HI/c1-5-17-9-11-18(12-10-17)15-25(4)20(21-6-2)22-13-7-8-19-14-23-24-16(19)3;/h9-12,14H,5-8,13,15H2,1-4H3,(H,21,22)(H,23,24);1H. The summed E-state index contributed by atoms with van der Waals surface area (Å²) in [6.45, 7) is 8.89. The number of nitrogens with one attached hydrogen (secondary N) is 2. The lowest BCUT2D eigenvalue weighted by molar-refractivity contribution is 0.476. The third kappa shape index (κ3) is 6.97. The summed E-state index contributed by atoms with van der Waals surface area (Å²) in [7, 11) is 2.09. The Labute approximate surface area is 174 Å². The van der Waals surface area contributed by atoms with Gasteiger partial charge in [-0.1, -0.05) is 31.2 Å². The zero-order valence-corrected chi connectivity index (χ0v) is 18.7. The Hall–Kier alpha value is -1.57. The molecule has 0 aliphatic heterocycles. The molecule has 26 heavy (non-hydrogen) atoms. The predicted molar refractivity (Wildman–Crippen MR) is 120 cm³/mol. The first kappa shape index (κ1) is 22.5. The number of rotatable bonds is 8. The van der Waals surface area contributed by atoms with Crippen LogP contribution in [0.5, 0.6) is 0 Å². The van der Waals surface area contributed by atoms with E-state index >= 15 is 0 Å². The fourth-order valence-electron chi connectivity index (χ4n) is 2.78. The van der Waals surface area contributed by atoms with Crippen molar-refractivity contribution in [2.75, 3.05) is 20.1 Å². The Morgan fingerprint density at radius 1 is 1.19 bits per heavy atom. The van der Waals surface area contributed by atoms with Crippen molar-refractivity contribution in [3.8, 4) is 0 Å². The zero-order chi connectivity index (χ0) is 18.1. The number of aliphatic imine (C=N–C) groups is 1. The highest BCUT2D eigenvalue weighted by Gasteiger charge is 2.07. The highest BCUT2D eigenvalue weighted by atomic mass is 127. The minimum atomic E-state index is 0. The minimum Gasteiger partial charge on any atom is -0.357 e.